The molecule has 1 N–H and O–H groups in total. The van der Waals surface area contributed by atoms with Gasteiger partial charge in [0.1, 0.15) is 0 Å². The van der Waals surface area contributed by atoms with Crippen molar-refractivity contribution in [1.29, 1.82) is 0 Å². The maximum atomic E-state index is 12.6. The lowest BCUT2D eigenvalue weighted by molar-refractivity contribution is -0.120. The average Bonchev–Trinajstić information content (AvgIpc) is 2.93. The number of thioether (sulfide) groups is 1. The van der Waals surface area contributed by atoms with Gasteiger partial charge in [-0.15, -0.1) is 11.8 Å². The summed E-state index contributed by atoms with van der Waals surface area (Å²) in [5.74, 6) is 1.10. The largest absolute Gasteiger partial charge is 0.395 e. The maximum absolute atomic E-state index is 12.6. The van der Waals surface area contributed by atoms with Crippen LogP contribution in [0.1, 0.15) is 12.8 Å². The van der Waals surface area contributed by atoms with Crippen LogP contribution in [-0.4, -0.2) is 53.9 Å². The van der Waals surface area contributed by atoms with Gasteiger partial charge >= 0.3 is 0 Å². The molecule has 1 saturated heterocycles. The number of carbonyl (C=O) groups excluding carboxylic acids is 1. The number of hydrogen-bond acceptors (Lipinski definition) is 4. The predicted molar refractivity (Wildman–Crippen MR) is 81.2 cm³/mol. The average molecular weight is 292 g/mol. The first-order chi connectivity index (χ1) is 9.79. The van der Waals surface area contributed by atoms with Gasteiger partial charge in [0.05, 0.1) is 18.8 Å². The Bertz CT molecular complexity index is 495. The van der Waals surface area contributed by atoms with Crippen LogP contribution in [0.3, 0.4) is 0 Å². The molecule has 0 aliphatic carbocycles. The molecule has 0 radical (unpaired) electrons. The van der Waals surface area contributed by atoms with E-state index in [9.17, 15) is 9.90 Å². The molecule has 2 aliphatic heterocycles. The zero-order chi connectivity index (χ0) is 13.9. The summed E-state index contributed by atoms with van der Waals surface area (Å²) in [5.41, 5.74) is 1.04. The Morgan fingerprint density at radius 1 is 1.35 bits per heavy atom. The van der Waals surface area contributed by atoms with Gasteiger partial charge in [-0.1, -0.05) is 12.1 Å². The van der Waals surface area contributed by atoms with Crippen LogP contribution in [0.25, 0.3) is 0 Å². The summed E-state index contributed by atoms with van der Waals surface area (Å²) in [6.07, 6.45) is 2.07. The SMILES string of the molecule is O=C(CN1CCCC1CO)N1CCSc2ccccc21. The van der Waals surface area contributed by atoms with Gasteiger partial charge in [0.15, 0.2) is 0 Å². The molecular formula is C15H20N2O2S. The van der Waals surface area contributed by atoms with E-state index in [4.69, 9.17) is 0 Å². The number of anilines is 1. The molecule has 1 atom stereocenters. The first kappa shape index (κ1) is 13.9. The molecule has 1 unspecified atom stereocenters. The topological polar surface area (TPSA) is 43.8 Å². The van der Waals surface area contributed by atoms with Crippen LogP contribution in [-0.2, 0) is 4.79 Å². The number of nitrogens with zero attached hydrogens (tertiary/aromatic N) is 2. The summed E-state index contributed by atoms with van der Waals surface area (Å²) >= 11 is 1.81. The molecule has 2 aliphatic rings. The highest BCUT2D eigenvalue weighted by atomic mass is 32.2. The molecule has 1 aromatic carbocycles. The molecule has 0 saturated carbocycles. The van der Waals surface area contributed by atoms with Crippen molar-refractivity contribution < 1.29 is 9.90 Å². The summed E-state index contributed by atoms with van der Waals surface area (Å²) in [6.45, 7) is 2.27. The molecule has 3 rings (SSSR count). The Morgan fingerprint density at radius 3 is 3.05 bits per heavy atom. The number of rotatable bonds is 3. The molecule has 1 aromatic rings. The molecule has 5 heteroatoms. The van der Waals surface area contributed by atoms with E-state index in [1.807, 2.05) is 34.9 Å². The van der Waals surface area contributed by atoms with E-state index in [-0.39, 0.29) is 18.6 Å². The molecule has 1 amide bonds. The zero-order valence-corrected chi connectivity index (χ0v) is 12.3. The molecule has 20 heavy (non-hydrogen) atoms. The first-order valence-electron chi connectivity index (χ1n) is 7.16. The summed E-state index contributed by atoms with van der Waals surface area (Å²) in [6, 6.07) is 8.26. The quantitative estimate of drug-likeness (QED) is 0.919. The van der Waals surface area contributed by atoms with Gasteiger partial charge in [-0.05, 0) is 31.5 Å². The molecule has 0 spiro atoms. The minimum atomic E-state index is 0.151. The Balaban J connectivity index is 1.72. The van der Waals surface area contributed by atoms with E-state index in [1.165, 1.54) is 4.90 Å². The van der Waals surface area contributed by atoms with Crippen molar-refractivity contribution in [2.45, 2.75) is 23.8 Å². The van der Waals surface area contributed by atoms with Gasteiger partial charge in [-0.2, -0.15) is 0 Å². The number of fused-ring (bicyclic) bond motifs is 1. The normalized spacial score (nSPS) is 22.9. The Labute approximate surface area is 123 Å². The van der Waals surface area contributed by atoms with Crippen LogP contribution in [0.15, 0.2) is 29.2 Å². The Kier molecular flexibility index (Phi) is 4.29. The number of benzene rings is 1. The van der Waals surface area contributed by atoms with Crippen molar-refractivity contribution in [3.05, 3.63) is 24.3 Å². The van der Waals surface area contributed by atoms with Gasteiger partial charge in [-0.3, -0.25) is 9.69 Å². The number of aliphatic hydroxyl groups is 1. The predicted octanol–water partition coefficient (Wildman–Crippen LogP) is 1.58. The second-order valence-corrected chi connectivity index (χ2v) is 6.45. The molecule has 4 nitrogen and oxygen atoms in total. The minimum absolute atomic E-state index is 0.151. The lowest BCUT2D eigenvalue weighted by Gasteiger charge is -2.31. The molecule has 2 heterocycles. The minimum Gasteiger partial charge on any atom is -0.395 e. The van der Waals surface area contributed by atoms with E-state index in [1.54, 1.807) is 0 Å². The van der Waals surface area contributed by atoms with Gasteiger partial charge in [0.25, 0.3) is 0 Å². The third kappa shape index (κ3) is 2.71. The standard InChI is InChI=1S/C15H20N2O2S/c18-11-12-4-3-7-16(12)10-15(19)17-8-9-20-14-6-2-1-5-13(14)17/h1-2,5-6,12,18H,3-4,7-11H2. The lowest BCUT2D eigenvalue weighted by atomic mass is 10.2. The summed E-state index contributed by atoms with van der Waals surface area (Å²) in [7, 11) is 0. The highest BCUT2D eigenvalue weighted by Gasteiger charge is 2.29. The van der Waals surface area contributed by atoms with Gasteiger partial charge in [-0.25, -0.2) is 0 Å². The number of hydrogen-bond donors (Lipinski definition) is 1. The summed E-state index contributed by atoms with van der Waals surface area (Å²) < 4.78 is 0. The second-order valence-electron chi connectivity index (χ2n) is 5.31. The van der Waals surface area contributed by atoms with Crippen LogP contribution in [0.5, 0.6) is 0 Å². The highest BCUT2D eigenvalue weighted by Crippen LogP contribution is 2.34. The second kappa shape index (κ2) is 6.16. The molecular weight excluding hydrogens is 272 g/mol. The van der Waals surface area contributed by atoms with Gasteiger partial charge < -0.3 is 10.0 Å². The van der Waals surface area contributed by atoms with E-state index in [2.05, 4.69) is 11.0 Å². The third-order valence-electron chi connectivity index (χ3n) is 4.08. The Hall–Kier alpha value is -1.04. The molecule has 1 fully saturated rings. The Morgan fingerprint density at radius 2 is 2.20 bits per heavy atom. The number of aliphatic hydroxyl groups excluding tert-OH is 1. The summed E-state index contributed by atoms with van der Waals surface area (Å²) in [5, 5.41) is 9.35. The van der Waals surface area contributed by atoms with Crippen LogP contribution >= 0.6 is 11.8 Å². The summed E-state index contributed by atoms with van der Waals surface area (Å²) in [4.78, 5) is 17.8. The van der Waals surface area contributed by atoms with Crippen LogP contribution in [0.2, 0.25) is 0 Å². The third-order valence-corrected chi connectivity index (χ3v) is 5.12. The van der Waals surface area contributed by atoms with E-state index < -0.39 is 0 Å². The van der Waals surface area contributed by atoms with Crippen molar-refractivity contribution in [3.63, 3.8) is 0 Å². The van der Waals surface area contributed by atoms with E-state index >= 15 is 0 Å². The van der Waals surface area contributed by atoms with Crippen molar-refractivity contribution in [2.75, 3.05) is 36.9 Å². The van der Waals surface area contributed by atoms with E-state index in [0.29, 0.717) is 6.54 Å². The van der Waals surface area contributed by atoms with Crippen molar-refractivity contribution in [3.8, 4) is 0 Å². The lowest BCUT2D eigenvalue weighted by Crippen LogP contribution is -2.45. The monoisotopic (exact) mass is 292 g/mol. The van der Waals surface area contributed by atoms with Crippen LogP contribution in [0, 0.1) is 0 Å². The zero-order valence-electron chi connectivity index (χ0n) is 11.5. The number of likely N-dealkylation sites (tertiary alicyclic amines) is 1. The molecule has 0 aromatic heterocycles. The maximum Gasteiger partial charge on any atom is 0.241 e. The van der Waals surface area contributed by atoms with Gasteiger partial charge in [0, 0.05) is 23.2 Å². The number of carbonyl (C=O) groups is 1. The fourth-order valence-electron chi connectivity index (χ4n) is 3.00. The van der Waals surface area contributed by atoms with Crippen molar-refractivity contribution >= 4 is 23.4 Å². The van der Waals surface area contributed by atoms with Crippen LogP contribution < -0.4 is 4.90 Å². The first-order valence-corrected chi connectivity index (χ1v) is 8.15. The number of para-hydroxylation sites is 1. The van der Waals surface area contributed by atoms with Gasteiger partial charge in [0.2, 0.25) is 5.91 Å². The van der Waals surface area contributed by atoms with Crippen molar-refractivity contribution in [1.82, 2.24) is 4.90 Å². The molecule has 108 valence electrons. The van der Waals surface area contributed by atoms with Crippen LogP contribution in [0.4, 0.5) is 5.69 Å². The fourth-order valence-corrected chi connectivity index (χ4v) is 3.99. The smallest absolute Gasteiger partial charge is 0.241 e. The fraction of sp³-hybridized carbons (Fsp3) is 0.533. The molecule has 0 bridgehead atoms. The highest BCUT2D eigenvalue weighted by molar-refractivity contribution is 7.99. The van der Waals surface area contributed by atoms with Crippen molar-refractivity contribution in [2.24, 2.45) is 0 Å². The number of amides is 1. The van der Waals surface area contributed by atoms with E-state index in [0.717, 1.165) is 37.4 Å².